The number of rotatable bonds is 11. The fourth-order valence-corrected chi connectivity index (χ4v) is 5.75. The zero-order valence-corrected chi connectivity index (χ0v) is 23.9. The minimum absolute atomic E-state index is 0.0464. The third kappa shape index (κ3) is 7.01. The van der Waals surface area contributed by atoms with Crippen LogP contribution >= 0.6 is 0 Å². The normalized spacial score (nSPS) is 13.9. The Morgan fingerprint density at radius 2 is 1.65 bits per heavy atom. The molecule has 3 aromatic carbocycles. The third-order valence-electron chi connectivity index (χ3n) is 7.86. The van der Waals surface area contributed by atoms with Crippen molar-refractivity contribution in [2.75, 3.05) is 6.61 Å². The lowest BCUT2D eigenvalue weighted by Gasteiger charge is -2.13. The van der Waals surface area contributed by atoms with Crippen LogP contribution in [-0.4, -0.2) is 32.0 Å². The molecule has 5 rings (SSSR count). The van der Waals surface area contributed by atoms with Gasteiger partial charge in [0.15, 0.2) is 0 Å². The lowest BCUT2D eigenvalue weighted by atomic mass is 9.98. The van der Waals surface area contributed by atoms with E-state index < -0.39 is 17.7 Å². The standard InChI is InChI=1S/C33H34F3N3O4/c1-2-43-29-19-14-24(20-25(29)21-31(40)41)23-12-10-22(11-13-23)6-5-9-30-37-39(32(42)38(30)27-7-3-4-8-27)28-17-15-26(16-18-28)33(34,35)36/h10-20,27H,2-9,21H2,1H3,(H,40,41). The van der Waals surface area contributed by atoms with Gasteiger partial charge in [0, 0.05) is 18.0 Å². The molecule has 0 amide bonds. The first-order valence-electron chi connectivity index (χ1n) is 14.6. The summed E-state index contributed by atoms with van der Waals surface area (Å²) in [6, 6.07) is 18.2. The quantitative estimate of drug-likeness (QED) is 0.202. The number of aryl methyl sites for hydroxylation is 2. The van der Waals surface area contributed by atoms with E-state index >= 15 is 0 Å². The Balaban J connectivity index is 1.30. The molecule has 1 aliphatic rings. The number of carboxylic acids is 1. The second-order valence-electron chi connectivity index (χ2n) is 10.8. The number of nitrogens with zero attached hydrogens (tertiary/aromatic N) is 3. The Morgan fingerprint density at radius 3 is 2.28 bits per heavy atom. The summed E-state index contributed by atoms with van der Waals surface area (Å²) in [6.45, 7) is 2.31. The molecule has 0 bridgehead atoms. The van der Waals surface area contributed by atoms with Crippen LogP contribution in [0.5, 0.6) is 5.75 Å². The molecule has 226 valence electrons. The van der Waals surface area contributed by atoms with Crippen LogP contribution in [-0.2, 0) is 30.2 Å². The van der Waals surface area contributed by atoms with Gasteiger partial charge in [0.05, 0.1) is 24.3 Å². The van der Waals surface area contributed by atoms with Crippen LogP contribution in [0.3, 0.4) is 0 Å². The summed E-state index contributed by atoms with van der Waals surface area (Å²) in [4.78, 5) is 24.7. The summed E-state index contributed by atoms with van der Waals surface area (Å²) in [5.41, 5.74) is 2.83. The molecule has 7 nitrogen and oxygen atoms in total. The summed E-state index contributed by atoms with van der Waals surface area (Å²) in [5, 5.41) is 13.9. The molecule has 10 heteroatoms. The molecule has 1 saturated carbocycles. The highest BCUT2D eigenvalue weighted by Crippen LogP contribution is 2.32. The monoisotopic (exact) mass is 593 g/mol. The summed E-state index contributed by atoms with van der Waals surface area (Å²) in [7, 11) is 0. The zero-order valence-electron chi connectivity index (χ0n) is 23.9. The topological polar surface area (TPSA) is 86.4 Å². The van der Waals surface area contributed by atoms with Crippen LogP contribution in [0.4, 0.5) is 13.2 Å². The van der Waals surface area contributed by atoms with Crippen LogP contribution in [0.2, 0.25) is 0 Å². The molecule has 0 radical (unpaired) electrons. The van der Waals surface area contributed by atoms with Gasteiger partial charge in [-0.2, -0.15) is 17.9 Å². The molecule has 1 N–H and O–H groups in total. The van der Waals surface area contributed by atoms with E-state index in [1.807, 2.05) is 43.3 Å². The van der Waals surface area contributed by atoms with Crippen molar-refractivity contribution < 1.29 is 27.8 Å². The van der Waals surface area contributed by atoms with Crippen molar-refractivity contribution >= 4 is 5.97 Å². The van der Waals surface area contributed by atoms with Crippen molar-refractivity contribution in [2.45, 2.75) is 70.5 Å². The van der Waals surface area contributed by atoms with Crippen molar-refractivity contribution in [1.29, 1.82) is 0 Å². The number of hydrogen-bond donors (Lipinski definition) is 1. The van der Waals surface area contributed by atoms with Gasteiger partial charge in [-0.15, -0.1) is 5.10 Å². The SMILES string of the molecule is CCOc1ccc(-c2ccc(CCCc3nn(-c4ccc(C(F)(F)F)cc4)c(=O)n3C3CCCC3)cc2)cc1CC(=O)O. The molecule has 1 aliphatic carbocycles. The number of benzene rings is 3. The van der Waals surface area contributed by atoms with Crippen LogP contribution < -0.4 is 10.4 Å². The van der Waals surface area contributed by atoms with E-state index in [2.05, 4.69) is 5.10 Å². The highest BCUT2D eigenvalue weighted by molar-refractivity contribution is 5.74. The first kappa shape index (κ1) is 30.1. The van der Waals surface area contributed by atoms with E-state index in [9.17, 15) is 27.9 Å². The lowest BCUT2D eigenvalue weighted by Crippen LogP contribution is -2.27. The van der Waals surface area contributed by atoms with Crippen LogP contribution in [0.25, 0.3) is 16.8 Å². The molecule has 1 heterocycles. The van der Waals surface area contributed by atoms with Gasteiger partial charge >= 0.3 is 17.8 Å². The Morgan fingerprint density at radius 1 is 0.977 bits per heavy atom. The third-order valence-corrected chi connectivity index (χ3v) is 7.86. The van der Waals surface area contributed by atoms with Gasteiger partial charge in [0.2, 0.25) is 0 Å². The number of aromatic nitrogens is 3. The predicted molar refractivity (Wildman–Crippen MR) is 157 cm³/mol. The Labute approximate surface area is 247 Å². The van der Waals surface area contributed by atoms with Crippen molar-refractivity contribution in [3.05, 3.63) is 99.7 Å². The van der Waals surface area contributed by atoms with Gasteiger partial charge < -0.3 is 9.84 Å². The molecular formula is C33H34F3N3O4. The van der Waals surface area contributed by atoms with E-state index in [1.165, 1.54) is 16.8 Å². The van der Waals surface area contributed by atoms with E-state index in [4.69, 9.17) is 4.74 Å². The Bertz CT molecular complexity index is 1620. The molecule has 0 aliphatic heterocycles. The van der Waals surface area contributed by atoms with E-state index in [1.54, 1.807) is 10.6 Å². The molecular weight excluding hydrogens is 559 g/mol. The Hall–Kier alpha value is -4.34. The molecule has 4 aromatic rings. The summed E-state index contributed by atoms with van der Waals surface area (Å²) in [5.74, 6) is 0.298. The first-order valence-corrected chi connectivity index (χ1v) is 14.6. The van der Waals surface area contributed by atoms with Gasteiger partial charge in [-0.3, -0.25) is 9.36 Å². The van der Waals surface area contributed by atoms with Gasteiger partial charge in [0.1, 0.15) is 11.6 Å². The van der Waals surface area contributed by atoms with Crippen LogP contribution in [0.15, 0.2) is 71.5 Å². The van der Waals surface area contributed by atoms with Crippen molar-refractivity contribution in [3.63, 3.8) is 0 Å². The van der Waals surface area contributed by atoms with Crippen molar-refractivity contribution in [3.8, 4) is 22.6 Å². The molecule has 1 fully saturated rings. The average Bonchev–Trinajstić information content (AvgIpc) is 3.61. The van der Waals surface area contributed by atoms with E-state index in [-0.39, 0.29) is 18.2 Å². The number of aliphatic carboxylic acids is 1. The van der Waals surface area contributed by atoms with Gasteiger partial charge in [-0.05, 0) is 85.7 Å². The Kier molecular flexibility index (Phi) is 9.03. The largest absolute Gasteiger partial charge is 0.494 e. The first-order chi connectivity index (χ1) is 20.6. The van der Waals surface area contributed by atoms with E-state index in [0.29, 0.717) is 35.9 Å². The summed E-state index contributed by atoms with van der Waals surface area (Å²) >= 11 is 0. The number of carbonyl (C=O) groups is 1. The number of carboxylic acid groups (broad SMARTS) is 1. The fraction of sp³-hybridized carbons (Fsp3) is 0.364. The number of halogens is 3. The van der Waals surface area contributed by atoms with Crippen LogP contribution in [0.1, 0.15) is 67.6 Å². The van der Waals surface area contributed by atoms with Gasteiger partial charge in [-0.1, -0.05) is 43.2 Å². The smallest absolute Gasteiger partial charge is 0.416 e. The lowest BCUT2D eigenvalue weighted by molar-refractivity contribution is -0.138. The van der Waals surface area contributed by atoms with Crippen molar-refractivity contribution in [1.82, 2.24) is 14.3 Å². The van der Waals surface area contributed by atoms with Gasteiger partial charge in [0.25, 0.3) is 0 Å². The molecule has 0 saturated heterocycles. The summed E-state index contributed by atoms with van der Waals surface area (Å²) < 4.78 is 47.7. The maximum absolute atomic E-state index is 13.4. The number of ether oxygens (including phenoxy) is 1. The number of hydrogen-bond acceptors (Lipinski definition) is 4. The average molecular weight is 594 g/mol. The van der Waals surface area contributed by atoms with Gasteiger partial charge in [-0.25, -0.2) is 4.79 Å². The molecule has 43 heavy (non-hydrogen) atoms. The fourth-order valence-electron chi connectivity index (χ4n) is 5.75. The number of alkyl halides is 3. The molecule has 0 unspecified atom stereocenters. The molecule has 0 spiro atoms. The maximum Gasteiger partial charge on any atom is 0.416 e. The second kappa shape index (κ2) is 12.9. The molecule has 0 atom stereocenters. The zero-order chi connectivity index (χ0) is 30.6. The predicted octanol–water partition coefficient (Wildman–Crippen LogP) is 7.04. The van der Waals surface area contributed by atoms with E-state index in [0.717, 1.165) is 67.3 Å². The highest BCUT2D eigenvalue weighted by Gasteiger charge is 2.30. The van der Waals surface area contributed by atoms with Crippen LogP contribution in [0, 0.1) is 0 Å². The highest BCUT2D eigenvalue weighted by atomic mass is 19.4. The van der Waals surface area contributed by atoms with Crippen molar-refractivity contribution in [2.24, 2.45) is 0 Å². The minimum Gasteiger partial charge on any atom is -0.494 e. The summed E-state index contributed by atoms with van der Waals surface area (Å²) in [6.07, 6.45) is 1.29. The second-order valence-corrected chi connectivity index (χ2v) is 10.8. The molecule has 1 aromatic heterocycles. The minimum atomic E-state index is -4.45. The maximum atomic E-state index is 13.4.